The minimum Gasteiger partial charge on any atom is -0.394 e. The molecule has 11 rings (SSSR count). The number of carbonyl (C=O) groups excluding carboxylic acids is 4. The van der Waals surface area contributed by atoms with Gasteiger partial charge in [0.05, 0.1) is 72.2 Å². The van der Waals surface area contributed by atoms with Crippen molar-refractivity contribution in [1.29, 1.82) is 0 Å². The van der Waals surface area contributed by atoms with Crippen molar-refractivity contribution in [2.24, 2.45) is 0 Å². The summed E-state index contributed by atoms with van der Waals surface area (Å²) in [5.74, 6) is -3.87. The van der Waals surface area contributed by atoms with E-state index in [-0.39, 0.29) is 0 Å². The van der Waals surface area contributed by atoms with Crippen molar-refractivity contribution in [3.05, 3.63) is 0 Å². The van der Waals surface area contributed by atoms with Gasteiger partial charge in [-0.2, -0.15) is 0 Å². The molecule has 11 fully saturated rings. The molecule has 55 atom stereocenters. The molecular formula is C74H124N4O55. The summed E-state index contributed by atoms with van der Waals surface area (Å²) in [6.07, 6.45) is -107. The minimum absolute atomic E-state index is 0.859. The van der Waals surface area contributed by atoms with Crippen LogP contribution in [0.25, 0.3) is 0 Å². The summed E-state index contributed by atoms with van der Waals surface area (Å²) >= 11 is 0. The quantitative estimate of drug-likeness (QED) is 0.0284. The molecule has 0 unspecified atom stereocenters. The van der Waals surface area contributed by atoms with Crippen LogP contribution in [0.2, 0.25) is 0 Å². The molecule has 11 aliphatic heterocycles. The van der Waals surface area contributed by atoms with E-state index >= 15 is 0 Å². The molecule has 0 spiro atoms. The van der Waals surface area contributed by atoms with Crippen LogP contribution >= 0.6 is 0 Å². The summed E-state index contributed by atoms with van der Waals surface area (Å²) in [6.45, 7) is -6.29. The molecule has 0 aromatic rings. The Morgan fingerprint density at radius 1 is 0.211 bits per heavy atom. The first-order valence-corrected chi connectivity index (χ1v) is 42.5. The molecule has 0 aliphatic carbocycles. The van der Waals surface area contributed by atoms with Crippen molar-refractivity contribution >= 4 is 23.6 Å². The van der Waals surface area contributed by atoms with Crippen LogP contribution in [0.3, 0.4) is 0 Å². The third kappa shape index (κ3) is 24.1. The first-order chi connectivity index (χ1) is 62.9. The second-order valence-corrected chi connectivity index (χ2v) is 33.8. The van der Waals surface area contributed by atoms with Crippen LogP contribution in [0.5, 0.6) is 0 Å². The monoisotopic (exact) mass is 1950 g/mol. The van der Waals surface area contributed by atoms with Gasteiger partial charge in [-0.1, -0.05) is 0 Å². The van der Waals surface area contributed by atoms with Gasteiger partial charge in [0, 0.05) is 27.7 Å². The van der Waals surface area contributed by atoms with E-state index in [0.29, 0.717) is 0 Å². The van der Waals surface area contributed by atoms with Gasteiger partial charge in [-0.25, -0.2) is 0 Å². The van der Waals surface area contributed by atoms with E-state index in [2.05, 4.69) is 21.3 Å². The molecular weight excluding hydrogens is 1820 g/mol. The van der Waals surface area contributed by atoms with E-state index in [1.54, 1.807) is 0 Å². The maximum Gasteiger partial charge on any atom is 0.217 e. The fourth-order valence-corrected chi connectivity index (χ4v) is 17.3. The van der Waals surface area contributed by atoms with E-state index < -0.39 is 427 Å². The zero-order chi connectivity index (χ0) is 97.8. The highest BCUT2D eigenvalue weighted by Crippen LogP contribution is 2.42. The van der Waals surface area contributed by atoms with Crippen molar-refractivity contribution in [3.8, 4) is 0 Å². The smallest absolute Gasteiger partial charge is 0.217 e. The second-order valence-electron chi connectivity index (χ2n) is 33.8. The largest absolute Gasteiger partial charge is 0.394 e. The summed E-state index contributed by atoms with van der Waals surface area (Å²) in [5.41, 5.74) is 0. The molecule has 11 aliphatic rings. The lowest BCUT2D eigenvalue weighted by molar-refractivity contribution is -0.399. The van der Waals surface area contributed by atoms with Gasteiger partial charge in [0.25, 0.3) is 0 Å². The Balaban J connectivity index is 0.911. The molecule has 770 valence electrons. The number of hydrogen-bond donors (Lipinski definition) is 34. The van der Waals surface area contributed by atoms with E-state index in [0.717, 1.165) is 27.7 Å². The molecule has 34 N–H and O–H groups in total. The molecule has 0 saturated carbocycles. The highest BCUT2D eigenvalue weighted by Gasteiger charge is 2.63. The van der Waals surface area contributed by atoms with Gasteiger partial charge >= 0.3 is 0 Å². The van der Waals surface area contributed by atoms with Crippen LogP contribution in [0.4, 0.5) is 0 Å². The molecule has 133 heavy (non-hydrogen) atoms. The number of nitrogens with one attached hydrogen (secondary N) is 4. The van der Waals surface area contributed by atoms with Crippen molar-refractivity contribution in [1.82, 2.24) is 21.3 Å². The van der Waals surface area contributed by atoms with Gasteiger partial charge in [-0.15, -0.1) is 0 Å². The van der Waals surface area contributed by atoms with Crippen LogP contribution in [-0.4, -0.2) is 580 Å². The van der Waals surface area contributed by atoms with Crippen LogP contribution in [-0.2, 0) is 119 Å². The maximum atomic E-state index is 13.3. The topological polar surface area (TPSA) is 917 Å². The van der Waals surface area contributed by atoms with Crippen LogP contribution in [0.1, 0.15) is 34.6 Å². The second kappa shape index (κ2) is 47.6. The van der Waals surface area contributed by atoms with Gasteiger partial charge in [-0.05, 0) is 6.92 Å². The lowest BCUT2D eigenvalue weighted by Crippen LogP contribution is -2.71. The molecule has 0 aromatic heterocycles. The fourth-order valence-electron chi connectivity index (χ4n) is 17.3. The summed E-state index contributed by atoms with van der Waals surface area (Å²) in [6, 6.07) is -7.87. The van der Waals surface area contributed by atoms with E-state index in [4.69, 9.17) is 99.5 Å². The Labute approximate surface area is 752 Å². The fraction of sp³-hybridized carbons (Fsp3) is 0.946. The highest BCUT2D eigenvalue weighted by atomic mass is 16.8. The van der Waals surface area contributed by atoms with Crippen molar-refractivity contribution in [3.63, 3.8) is 0 Å². The number of hydrogen-bond acceptors (Lipinski definition) is 55. The minimum atomic E-state index is -2.66. The number of aliphatic hydroxyl groups excluding tert-OH is 30. The maximum absolute atomic E-state index is 13.3. The first-order valence-electron chi connectivity index (χ1n) is 42.5. The molecule has 4 amide bonds. The first kappa shape index (κ1) is 109. The SMILES string of the molecule is CC(=O)N[C@@H]1[C@@H](O)[C@H](O[C@@H]2O[C@H](CO)[C@@H](O[C@@H]3O[C@H](CO[C@H]4O[C@H](CO)[C@@H](O)[C@H](O)[C@@H]4O[C@@H]4O[C@H](CO)[C@@H](O[C@@H]5O[C@H](CO)[C@H](O)[C@H](O[C@H]6O[C@H](CO)[C@H](O)[C@H](O)[C@H]6O)[C@H]5O)[C@H](O)[C@H]4NC(C)=O)[C@@H](O)[C@H](O[C@H]4O[C@H](CO)[C@@H](O)[C@H](O)[C@@H]4O[C@@H]4O[C@H](CO)[C@@H](O[C@@H]5O[C@H](CO)[C@H](O)[C@H](O)[C@H]5O)[C@H](O)[C@H]4NC(C)=O)[C@@H]3O)[C@H](O)[C@H]2NC(C)=O)[C@@H](CO[C@@H]2O[C@@H](C)[C@@H](O)[C@@H](O)[C@@H]2O)O[C@H]1O. The van der Waals surface area contributed by atoms with Gasteiger partial charge in [0.1, 0.15) is 262 Å². The molecule has 59 heteroatoms. The van der Waals surface area contributed by atoms with Crippen LogP contribution in [0.15, 0.2) is 0 Å². The van der Waals surface area contributed by atoms with E-state index in [9.17, 15) is 172 Å². The van der Waals surface area contributed by atoms with E-state index in [1.165, 1.54) is 6.92 Å². The van der Waals surface area contributed by atoms with Gasteiger partial charge in [0.15, 0.2) is 69.2 Å². The highest BCUT2D eigenvalue weighted by molar-refractivity contribution is 5.74. The Morgan fingerprint density at radius 3 is 0.842 bits per heavy atom. The molecule has 11 saturated heterocycles. The number of aliphatic hydroxyl groups is 30. The molecule has 59 nitrogen and oxygen atoms in total. The zero-order valence-electron chi connectivity index (χ0n) is 71.4. The number of carbonyl (C=O) groups is 4. The third-order valence-electron chi connectivity index (χ3n) is 24.5. The zero-order valence-corrected chi connectivity index (χ0v) is 71.4. The van der Waals surface area contributed by atoms with Crippen molar-refractivity contribution in [2.75, 3.05) is 66.1 Å². The average Bonchev–Trinajstić information content (AvgIpc) is 0.759. The lowest BCUT2D eigenvalue weighted by Gasteiger charge is -2.51. The van der Waals surface area contributed by atoms with Crippen molar-refractivity contribution in [2.45, 2.75) is 372 Å². The number of rotatable bonds is 34. The predicted molar refractivity (Wildman–Crippen MR) is 407 cm³/mol. The molecule has 11 heterocycles. The Kier molecular flexibility index (Phi) is 39.1. The molecule has 0 radical (unpaired) electrons. The Morgan fingerprint density at radius 2 is 0.459 bits per heavy atom. The number of amides is 4. The Hall–Kier alpha value is -4.16. The summed E-state index contributed by atoms with van der Waals surface area (Å²) < 4.78 is 125. The normalized spacial score (nSPS) is 50.1. The lowest BCUT2D eigenvalue weighted by atomic mass is 9.93. The van der Waals surface area contributed by atoms with E-state index in [1.807, 2.05) is 0 Å². The predicted octanol–water partition coefficient (Wildman–Crippen LogP) is -23.4. The molecule has 0 aromatic carbocycles. The summed E-state index contributed by atoms with van der Waals surface area (Å²) in [4.78, 5) is 52.0. The standard InChI is InChI=1S/C74H124N4O55/c1-16-35(91)46(102)51(107)68(115-16)113-15-30-59(42(98)31(64(112)116-30)75-17(2)87)126-65-32(76-18(3)88)43(99)58(27(12-85)122-65)129-72-55(111)61(131-74-63(50(106)39(95)24(9-82)121-74)133-67-34(78-20(5)90)44(100)56(26(11-84)124-67)127-69-52(108)47(103)36(92)21(6-79)117-69)41(97)29(125-72)14-114-73-62(49(105)38(94)23(8-81)120-73)132-66-33(77-19(4)89)45(101)57(28(13-86)123-66)128-71-54(110)60(40(96)25(10-83)119-71)130-70-53(109)48(104)37(93)22(7-80)118-70/h16,21-74,79-86,91-112H,6-15H2,1-5H3,(H,75,87)(H,76,88)(H,77,89)(H,78,90)/t16-,21+,22+,23+,24+,25+,26+,27+,28+,29+,30+,31+,32+,33+,34+,35+,36-,37-,38+,39+,40-,41+,42+,43+,44+,45+,46+,47-,48-,49-,50-,51-,52+,53+,54+,55-,56+,57+,58+,59+,60-,61-,62-,63-,64+,65-,66-,67-,68+,69-,70+,71-,72-,73-,74+/m0/s1. The number of ether oxygens (including phenoxy) is 21. The summed E-state index contributed by atoms with van der Waals surface area (Å²) in [5, 5.41) is 345. The van der Waals surface area contributed by atoms with Crippen LogP contribution in [0, 0.1) is 0 Å². The van der Waals surface area contributed by atoms with Crippen LogP contribution < -0.4 is 21.3 Å². The molecule has 0 bridgehead atoms. The average molecular weight is 1950 g/mol. The Bertz CT molecular complexity index is 3630. The van der Waals surface area contributed by atoms with Gasteiger partial charge in [0.2, 0.25) is 23.6 Å². The van der Waals surface area contributed by atoms with Crippen molar-refractivity contribution < 1.29 is 272 Å². The van der Waals surface area contributed by atoms with Gasteiger partial charge in [-0.3, -0.25) is 19.2 Å². The van der Waals surface area contributed by atoms with Gasteiger partial charge < -0.3 is 274 Å². The third-order valence-corrected chi connectivity index (χ3v) is 24.5. The summed E-state index contributed by atoms with van der Waals surface area (Å²) in [7, 11) is 0.